The maximum absolute atomic E-state index is 13.2. The predicted octanol–water partition coefficient (Wildman–Crippen LogP) is 3.47. The minimum Gasteiger partial charge on any atom is -0.505 e. The summed E-state index contributed by atoms with van der Waals surface area (Å²) < 4.78 is 19.0. The van der Waals surface area contributed by atoms with Crippen LogP contribution in [0.5, 0.6) is 11.5 Å². The second-order valence-electron chi connectivity index (χ2n) is 4.86. The molecule has 0 radical (unpaired) electrons. The van der Waals surface area contributed by atoms with Gasteiger partial charge in [0.1, 0.15) is 11.9 Å². The third-order valence-corrected chi connectivity index (χ3v) is 3.52. The molecule has 1 N–H and O–H groups in total. The predicted molar refractivity (Wildman–Crippen MR) is 70.9 cm³/mol. The van der Waals surface area contributed by atoms with E-state index < -0.39 is 5.82 Å². The number of halogens is 1. The molecule has 0 heterocycles. The average molecular weight is 258 g/mol. The molecular formula is C16H15FO2. The van der Waals surface area contributed by atoms with Crippen molar-refractivity contribution >= 4 is 0 Å². The van der Waals surface area contributed by atoms with E-state index >= 15 is 0 Å². The van der Waals surface area contributed by atoms with E-state index in [9.17, 15) is 4.39 Å². The number of hydrogen-bond acceptors (Lipinski definition) is 2. The molecule has 0 fully saturated rings. The van der Waals surface area contributed by atoms with Gasteiger partial charge < -0.3 is 9.84 Å². The number of phenolic OH excluding ortho intramolecular Hbond substituents is 1. The van der Waals surface area contributed by atoms with E-state index in [1.807, 2.05) is 6.07 Å². The van der Waals surface area contributed by atoms with Gasteiger partial charge in [0, 0.05) is 12.5 Å². The first kappa shape index (κ1) is 12.0. The molecular weight excluding hydrogens is 243 g/mol. The highest BCUT2D eigenvalue weighted by Gasteiger charge is 2.19. The third-order valence-electron chi connectivity index (χ3n) is 3.52. The van der Waals surface area contributed by atoms with Gasteiger partial charge in [0.2, 0.25) is 0 Å². The summed E-state index contributed by atoms with van der Waals surface area (Å²) in [7, 11) is 0. The second kappa shape index (κ2) is 4.92. The van der Waals surface area contributed by atoms with Crippen molar-refractivity contribution in [2.45, 2.75) is 25.4 Å². The van der Waals surface area contributed by atoms with Gasteiger partial charge in [0.25, 0.3) is 0 Å². The number of hydrogen-bond donors (Lipinski definition) is 1. The molecule has 1 aliphatic carbocycles. The van der Waals surface area contributed by atoms with Crippen LogP contribution in [0.1, 0.15) is 17.5 Å². The Morgan fingerprint density at radius 1 is 1.11 bits per heavy atom. The molecule has 1 unspecified atom stereocenters. The van der Waals surface area contributed by atoms with Crippen LogP contribution in [0.4, 0.5) is 4.39 Å². The van der Waals surface area contributed by atoms with Gasteiger partial charge in [-0.2, -0.15) is 0 Å². The van der Waals surface area contributed by atoms with E-state index in [0.29, 0.717) is 5.75 Å². The van der Waals surface area contributed by atoms with E-state index in [1.54, 1.807) is 6.07 Å². The van der Waals surface area contributed by atoms with Gasteiger partial charge >= 0.3 is 0 Å². The summed E-state index contributed by atoms with van der Waals surface area (Å²) >= 11 is 0. The highest BCUT2D eigenvalue weighted by atomic mass is 19.1. The Balaban J connectivity index is 1.73. The summed E-state index contributed by atoms with van der Waals surface area (Å²) in [6, 6.07) is 12.5. The first-order valence-electron chi connectivity index (χ1n) is 6.44. The van der Waals surface area contributed by atoms with E-state index in [4.69, 9.17) is 9.84 Å². The van der Waals surface area contributed by atoms with E-state index in [-0.39, 0.29) is 11.9 Å². The molecule has 98 valence electrons. The maximum atomic E-state index is 13.2. The largest absolute Gasteiger partial charge is 0.505 e. The van der Waals surface area contributed by atoms with Crippen molar-refractivity contribution in [2.24, 2.45) is 0 Å². The van der Waals surface area contributed by atoms with Crippen LogP contribution in [0.3, 0.4) is 0 Å². The number of benzene rings is 2. The van der Waals surface area contributed by atoms with Crippen LogP contribution in [0.2, 0.25) is 0 Å². The molecule has 0 saturated carbocycles. The molecule has 0 saturated heterocycles. The molecule has 0 aliphatic heterocycles. The zero-order chi connectivity index (χ0) is 13.2. The Morgan fingerprint density at radius 3 is 2.68 bits per heavy atom. The number of ether oxygens (including phenoxy) is 1. The maximum Gasteiger partial charge on any atom is 0.168 e. The lowest BCUT2D eigenvalue weighted by Gasteiger charge is -2.25. The summed E-state index contributed by atoms with van der Waals surface area (Å²) in [5.41, 5.74) is 2.68. The van der Waals surface area contributed by atoms with Crippen LogP contribution < -0.4 is 4.74 Å². The fourth-order valence-corrected chi connectivity index (χ4v) is 2.52. The van der Waals surface area contributed by atoms with Gasteiger partial charge in [0.15, 0.2) is 11.6 Å². The van der Waals surface area contributed by atoms with Crippen molar-refractivity contribution in [3.63, 3.8) is 0 Å². The molecule has 1 aliphatic rings. The third kappa shape index (κ3) is 2.55. The van der Waals surface area contributed by atoms with Crippen LogP contribution in [0.25, 0.3) is 0 Å². The monoisotopic (exact) mass is 258 g/mol. The summed E-state index contributed by atoms with van der Waals surface area (Å²) in [6.45, 7) is 0. The van der Waals surface area contributed by atoms with Crippen LogP contribution >= 0.6 is 0 Å². The second-order valence-corrected chi connectivity index (χ2v) is 4.86. The quantitative estimate of drug-likeness (QED) is 0.893. The van der Waals surface area contributed by atoms with Crippen LogP contribution in [-0.2, 0) is 12.8 Å². The Morgan fingerprint density at radius 2 is 1.89 bits per heavy atom. The van der Waals surface area contributed by atoms with Crippen molar-refractivity contribution in [2.75, 3.05) is 0 Å². The van der Waals surface area contributed by atoms with Crippen LogP contribution in [0, 0.1) is 5.82 Å². The standard InChI is InChI=1S/C16H15FO2/c17-15-10-14(7-8-16(15)18)19-13-6-5-11-3-1-2-4-12(11)9-13/h1-4,7-8,10,13,18H,5-6,9H2. The molecule has 2 aromatic carbocycles. The fourth-order valence-electron chi connectivity index (χ4n) is 2.52. The Kier molecular flexibility index (Phi) is 3.11. The molecule has 3 rings (SSSR count). The van der Waals surface area contributed by atoms with Gasteiger partial charge in [0.05, 0.1) is 0 Å². The van der Waals surface area contributed by atoms with Crippen molar-refractivity contribution in [3.05, 3.63) is 59.4 Å². The molecule has 0 amide bonds. The van der Waals surface area contributed by atoms with Crippen molar-refractivity contribution in [1.82, 2.24) is 0 Å². The minimum absolute atomic E-state index is 0.0684. The van der Waals surface area contributed by atoms with Gasteiger partial charge in [-0.3, -0.25) is 0 Å². The SMILES string of the molecule is Oc1ccc(OC2CCc3ccccc3C2)cc1F. The normalized spacial score (nSPS) is 17.8. The fraction of sp³-hybridized carbons (Fsp3) is 0.250. The van der Waals surface area contributed by atoms with Gasteiger partial charge in [-0.1, -0.05) is 24.3 Å². The lowest BCUT2D eigenvalue weighted by atomic mass is 9.90. The van der Waals surface area contributed by atoms with E-state index in [1.165, 1.54) is 23.3 Å². The summed E-state index contributed by atoms with van der Waals surface area (Å²) in [5.74, 6) is -0.519. The first-order valence-corrected chi connectivity index (χ1v) is 6.44. The van der Waals surface area contributed by atoms with Gasteiger partial charge in [-0.05, 0) is 36.1 Å². The smallest absolute Gasteiger partial charge is 0.168 e. The zero-order valence-corrected chi connectivity index (χ0v) is 10.5. The summed E-state index contributed by atoms with van der Waals surface area (Å²) in [4.78, 5) is 0. The zero-order valence-electron chi connectivity index (χ0n) is 10.5. The lowest BCUT2D eigenvalue weighted by molar-refractivity contribution is 0.184. The van der Waals surface area contributed by atoms with E-state index in [0.717, 1.165) is 19.3 Å². The summed E-state index contributed by atoms with van der Waals surface area (Å²) in [6.07, 6.45) is 2.83. The molecule has 0 aromatic heterocycles. The Labute approximate surface area is 111 Å². The number of aromatic hydroxyl groups is 1. The number of aryl methyl sites for hydroxylation is 1. The molecule has 19 heavy (non-hydrogen) atoms. The van der Waals surface area contributed by atoms with Gasteiger partial charge in [-0.25, -0.2) is 4.39 Å². The molecule has 2 nitrogen and oxygen atoms in total. The average Bonchev–Trinajstić information content (AvgIpc) is 2.43. The van der Waals surface area contributed by atoms with Crippen LogP contribution in [0.15, 0.2) is 42.5 Å². The molecule has 0 spiro atoms. The molecule has 3 heteroatoms. The molecule has 0 bridgehead atoms. The van der Waals surface area contributed by atoms with Crippen molar-refractivity contribution in [3.8, 4) is 11.5 Å². The Hall–Kier alpha value is -2.03. The number of phenols is 1. The topological polar surface area (TPSA) is 29.5 Å². The minimum atomic E-state index is -0.645. The van der Waals surface area contributed by atoms with Crippen molar-refractivity contribution in [1.29, 1.82) is 0 Å². The molecule has 1 atom stereocenters. The van der Waals surface area contributed by atoms with Crippen LogP contribution in [-0.4, -0.2) is 11.2 Å². The van der Waals surface area contributed by atoms with Crippen molar-refractivity contribution < 1.29 is 14.2 Å². The first-order chi connectivity index (χ1) is 9.22. The highest BCUT2D eigenvalue weighted by Crippen LogP contribution is 2.27. The highest BCUT2D eigenvalue weighted by molar-refractivity contribution is 5.33. The Bertz CT molecular complexity index is 595. The number of fused-ring (bicyclic) bond motifs is 1. The number of rotatable bonds is 2. The molecule has 2 aromatic rings. The summed E-state index contributed by atoms with van der Waals surface area (Å²) in [5, 5.41) is 9.15. The lowest BCUT2D eigenvalue weighted by Crippen LogP contribution is -2.25. The van der Waals surface area contributed by atoms with Gasteiger partial charge in [-0.15, -0.1) is 0 Å². The van der Waals surface area contributed by atoms with E-state index in [2.05, 4.69) is 18.2 Å².